The maximum absolute atomic E-state index is 13.1. The number of amides is 1. The SMILES string of the molecule is CCCN(Cc1nnc(-c2ccccc2Cl)o1)C(=O)c1ccc(OCc2nccn2C)cc1. The molecule has 0 radical (unpaired) electrons. The minimum Gasteiger partial charge on any atom is -0.486 e. The van der Waals surface area contributed by atoms with E-state index in [0.717, 1.165) is 12.2 Å². The first-order chi connectivity index (χ1) is 16.0. The minimum absolute atomic E-state index is 0.120. The molecule has 0 unspecified atom stereocenters. The number of carbonyl (C=O) groups excluding carboxylic acids is 1. The van der Waals surface area contributed by atoms with Gasteiger partial charge in [0, 0.05) is 31.5 Å². The van der Waals surface area contributed by atoms with Crippen LogP contribution in [0, 0.1) is 0 Å². The summed E-state index contributed by atoms with van der Waals surface area (Å²) in [6, 6.07) is 14.3. The van der Waals surface area contributed by atoms with E-state index in [-0.39, 0.29) is 12.5 Å². The molecule has 0 spiro atoms. The molecule has 2 heterocycles. The molecule has 0 atom stereocenters. The lowest BCUT2D eigenvalue weighted by atomic mass is 10.2. The van der Waals surface area contributed by atoms with E-state index in [1.54, 1.807) is 41.4 Å². The third kappa shape index (κ3) is 5.40. The number of halogens is 1. The van der Waals surface area contributed by atoms with Gasteiger partial charge in [0.05, 0.1) is 17.1 Å². The van der Waals surface area contributed by atoms with Crippen LogP contribution >= 0.6 is 11.6 Å². The minimum atomic E-state index is -0.120. The molecule has 2 aromatic heterocycles. The molecule has 170 valence electrons. The van der Waals surface area contributed by atoms with Crippen molar-refractivity contribution in [2.24, 2.45) is 7.05 Å². The Morgan fingerprint density at radius 1 is 1.15 bits per heavy atom. The molecule has 4 rings (SSSR count). The molecule has 0 aliphatic heterocycles. The van der Waals surface area contributed by atoms with E-state index in [9.17, 15) is 4.79 Å². The highest BCUT2D eigenvalue weighted by Crippen LogP contribution is 2.26. The third-order valence-electron chi connectivity index (χ3n) is 5.07. The van der Waals surface area contributed by atoms with Crippen LogP contribution in [0.15, 0.2) is 65.3 Å². The Morgan fingerprint density at radius 3 is 2.64 bits per heavy atom. The van der Waals surface area contributed by atoms with Gasteiger partial charge in [-0.05, 0) is 42.8 Å². The molecule has 0 aliphatic rings. The van der Waals surface area contributed by atoms with Gasteiger partial charge in [-0.3, -0.25) is 4.79 Å². The number of rotatable bonds is 9. The van der Waals surface area contributed by atoms with Gasteiger partial charge in [-0.25, -0.2) is 4.98 Å². The lowest BCUT2D eigenvalue weighted by Gasteiger charge is -2.20. The van der Waals surface area contributed by atoms with E-state index in [1.807, 2.05) is 42.9 Å². The summed E-state index contributed by atoms with van der Waals surface area (Å²) >= 11 is 6.22. The Morgan fingerprint density at radius 2 is 1.94 bits per heavy atom. The fraction of sp³-hybridized carbons (Fsp3) is 0.250. The Kier molecular flexibility index (Phi) is 7.04. The van der Waals surface area contributed by atoms with Gasteiger partial charge in [0.25, 0.3) is 5.91 Å². The smallest absolute Gasteiger partial charge is 0.254 e. The van der Waals surface area contributed by atoms with Crippen LogP contribution in [0.5, 0.6) is 5.75 Å². The van der Waals surface area contributed by atoms with E-state index in [4.69, 9.17) is 20.8 Å². The molecule has 0 saturated heterocycles. The maximum atomic E-state index is 13.1. The molecule has 1 amide bonds. The van der Waals surface area contributed by atoms with Gasteiger partial charge in [-0.15, -0.1) is 10.2 Å². The van der Waals surface area contributed by atoms with E-state index < -0.39 is 0 Å². The quantitative estimate of drug-likeness (QED) is 0.354. The lowest BCUT2D eigenvalue weighted by Crippen LogP contribution is -2.31. The van der Waals surface area contributed by atoms with Crippen molar-refractivity contribution in [1.82, 2.24) is 24.6 Å². The summed E-state index contributed by atoms with van der Waals surface area (Å²) in [6.45, 7) is 3.13. The van der Waals surface area contributed by atoms with Crippen molar-refractivity contribution in [1.29, 1.82) is 0 Å². The van der Waals surface area contributed by atoms with Crippen LogP contribution in [0.4, 0.5) is 0 Å². The topological polar surface area (TPSA) is 86.3 Å². The Bertz CT molecular complexity index is 1220. The lowest BCUT2D eigenvalue weighted by molar-refractivity contribution is 0.0728. The number of ether oxygens (including phenoxy) is 1. The summed E-state index contributed by atoms with van der Waals surface area (Å²) < 4.78 is 13.5. The van der Waals surface area contributed by atoms with E-state index in [1.165, 1.54) is 0 Å². The van der Waals surface area contributed by atoms with E-state index in [2.05, 4.69) is 15.2 Å². The first-order valence-electron chi connectivity index (χ1n) is 10.6. The molecular formula is C24H24ClN5O3. The first-order valence-corrected chi connectivity index (χ1v) is 11.0. The molecule has 0 aliphatic carbocycles. The molecule has 8 nitrogen and oxygen atoms in total. The predicted molar refractivity (Wildman–Crippen MR) is 124 cm³/mol. The first kappa shape index (κ1) is 22.5. The summed E-state index contributed by atoms with van der Waals surface area (Å²) in [5.74, 6) is 2.04. The van der Waals surface area contributed by atoms with Gasteiger partial charge in [0.1, 0.15) is 18.2 Å². The van der Waals surface area contributed by atoms with E-state index in [0.29, 0.717) is 46.8 Å². The van der Waals surface area contributed by atoms with Crippen molar-refractivity contribution in [2.75, 3.05) is 6.54 Å². The third-order valence-corrected chi connectivity index (χ3v) is 5.40. The number of hydrogen-bond donors (Lipinski definition) is 0. The van der Waals surface area contributed by atoms with Gasteiger partial charge < -0.3 is 18.6 Å². The monoisotopic (exact) mass is 465 g/mol. The van der Waals surface area contributed by atoms with Crippen LogP contribution in [0.2, 0.25) is 5.02 Å². The summed E-state index contributed by atoms with van der Waals surface area (Å²) in [5, 5.41) is 8.72. The number of aromatic nitrogens is 4. The number of imidazole rings is 1. The Hall–Kier alpha value is -3.65. The molecule has 4 aromatic rings. The summed E-state index contributed by atoms with van der Waals surface area (Å²) in [5.41, 5.74) is 1.21. The largest absolute Gasteiger partial charge is 0.486 e. The molecule has 0 N–H and O–H groups in total. The van der Waals surface area contributed by atoms with Gasteiger partial charge in [-0.2, -0.15) is 0 Å². The van der Waals surface area contributed by atoms with Gasteiger partial charge >= 0.3 is 0 Å². The molecule has 0 saturated carbocycles. The normalized spacial score (nSPS) is 10.9. The van der Waals surface area contributed by atoms with Crippen LogP contribution in [-0.2, 0) is 20.2 Å². The zero-order valence-corrected chi connectivity index (χ0v) is 19.2. The summed E-state index contributed by atoms with van der Waals surface area (Å²) in [4.78, 5) is 19.1. The molecule has 0 fully saturated rings. The average Bonchev–Trinajstić information content (AvgIpc) is 3.46. The second-order valence-electron chi connectivity index (χ2n) is 7.47. The fourth-order valence-corrected chi connectivity index (χ4v) is 3.52. The highest BCUT2D eigenvalue weighted by molar-refractivity contribution is 6.33. The second kappa shape index (κ2) is 10.3. The standard InChI is InChI=1S/C24H24ClN5O3/c1-3-13-30(15-22-27-28-23(33-22)19-6-4-5-7-20(19)25)24(31)17-8-10-18(11-9-17)32-16-21-26-12-14-29(21)2/h4-12,14H,3,13,15-16H2,1-2H3. The van der Waals surface area contributed by atoms with Gasteiger partial charge in [0.2, 0.25) is 11.8 Å². The van der Waals surface area contributed by atoms with Crippen molar-refractivity contribution in [2.45, 2.75) is 26.5 Å². The molecule has 0 bridgehead atoms. The van der Waals surface area contributed by atoms with Crippen LogP contribution in [0.1, 0.15) is 35.4 Å². The summed E-state index contributed by atoms with van der Waals surface area (Å²) in [7, 11) is 1.91. The highest BCUT2D eigenvalue weighted by Gasteiger charge is 2.19. The van der Waals surface area contributed by atoms with Crippen molar-refractivity contribution in [3.63, 3.8) is 0 Å². The Labute approximate surface area is 196 Å². The zero-order chi connectivity index (χ0) is 23.2. The molecule has 33 heavy (non-hydrogen) atoms. The molecule has 9 heteroatoms. The predicted octanol–water partition coefficient (Wildman–Crippen LogP) is 4.75. The Balaban J connectivity index is 1.43. The maximum Gasteiger partial charge on any atom is 0.254 e. The van der Waals surface area contributed by atoms with Crippen LogP contribution in [0.25, 0.3) is 11.5 Å². The van der Waals surface area contributed by atoms with Crippen molar-refractivity contribution >= 4 is 17.5 Å². The number of carbonyl (C=O) groups is 1. The van der Waals surface area contributed by atoms with Gasteiger partial charge in [-0.1, -0.05) is 30.7 Å². The zero-order valence-electron chi connectivity index (χ0n) is 18.4. The number of nitrogens with zero attached hydrogens (tertiary/aromatic N) is 5. The average molecular weight is 466 g/mol. The summed E-state index contributed by atoms with van der Waals surface area (Å²) in [6.07, 6.45) is 4.38. The number of benzene rings is 2. The van der Waals surface area contributed by atoms with Crippen molar-refractivity contribution in [3.8, 4) is 17.2 Å². The van der Waals surface area contributed by atoms with Crippen LogP contribution < -0.4 is 4.74 Å². The van der Waals surface area contributed by atoms with Crippen molar-refractivity contribution in [3.05, 3.63) is 83.2 Å². The van der Waals surface area contributed by atoms with Crippen molar-refractivity contribution < 1.29 is 13.9 Å². The number of aryl methyl sites for hydroxylation is 1. The van der Waals surface area contributed by atoms with E-state index >= 15 is 0 Å². The second-order valence-corrected chi connectivity index (χ2v) is 7.88. The highest BCUT2D eigenvalue weighted by atomic mass is 35.5. The fourth-order valence-electron chi connectivity index (χ4n) is 3.31. The van der Waals surface area contributed by atoms with Crippen LogP contribution in [-0.4, -0.2) is 37.1 Å². The van der Waals surface area contributed by atoms with Crippen LogP contribution in [0.3, 0.4) is 0 Å². The van der Waals surface area contributed by atoms with Gasteiger partial charge in [0.15, 0.2) is 0 Å². The number of hydrogen-bond acceptors (Lipinski definition) is 6. The molecular weight excluding hydrogens is 442 g/mol. The molecule has 2 aromatic carbocycles.